The third kappa shape index (κ3) is 4.83. The zero-order valence-corrected chi connectivity index (χ0v) is 17.7. The van der Waals surface area contributed by atoms with Crippen LogP contribution in [0.25, 0.3) is 11.1 Å². The van der Waals surface area contributed by atoms with E-state index >= 15 is 0 Å². The van der Waals surface area contributed by atoms with Gasteiger partial charge >= 0.3 is 0 Å². The minimum Gasteiger partial charge on any atom is -0.497 e. The highest BCUT2D eigenvalue weighted by Gasteiger charge is 2.29. The zero-order chi connectivity index (χ0) is 21.6. The normalized spacial score (nSPS) is 15.7. The molecule has 0 radical (unpaired) electrons. The maximum atomic E-state index is 12.8. The van der Waals surface area contributed by atoms with Crippen molar-refractivity contribution >= 4 is 17.5 Å². The van der Waals surface area contributed by atoms with Crippen molar-refractivity contribution < 1.29 is 14.3 Å². The van der Waals surface area contributed by atoms with Gasteiger partial charge in [0.25, 0.3) is 5.91 Å². The highest BCUT2D eigenvalue weighted by Crippen LogP contribution is 2.23. The number of methoxy groups -OCH3 is 2. The number of aromatic nitrogens is 2. The molecule has 0 saturated carbocycles. The molecule has 0 bridgehead atoms. The van der Waals surface area contributed by atoms with E-state index in [1.54, 1.807) is 26.6 Å². The molecule has 1 N–H and O–H groups in total. The van der Waals surface area contributed by atoms with Crippen molar-refractivity contribution in [2.45, 2.75) is 18.9 Å². The SMILES string of the molecule is COC[C@H]1CCCN1C(=O)c1ccc(Nc2ncc(-c3ccc(OC)cc3)cn2)cc1. The molecule has 0 spiro atoms. The number of ether oxygens (including phenoxy) is 2. The van der Waals surface area contributed by atoms with Crippen molar-refractivity contribution in [1.82, 2.24) is 14.9 Å². The first-order chi connectivity index (χ1) is 15.2. The fourth-order valence-corrected chi connectivity index (χ4v) is 3.78. The fourth-order valence-electron chi connectivity index (χ4n) is 3.78. The van der Waals surface area contributed by atoms with E-state index in [2.05, 4.69) is 15.3 Å². The summed E-state index contributed by atoms with van der Waals surface area (Å²) in [6, 6.07) is 15.3. The van der Waals surface area contributed by atoms with Crippen molar-refractivity contribution in [3.8, 4) is 16.9 Å². The topological polar surface area (TPSA) is 76.6 Å². The Balaban J connectivity index is 1.40. The molecule has 7 heteroatoms. The molecule has 1 aromatic heterocycles. The molecule has 2 aromatic carbocycles. The average molecular weight is 418 g/mol. The summed E-state index contributed by atoms with van der Waals surface area (Å²) in [5.41, 5.74) is 3.43. The van der Waals surface area contributed by atoms with E-state index in [0.717, 1.165) is 42.0 Å². The van der Waals surface area contributed by atoms with Gasteiger partial charge in [0.05, 0.1) is 19.8 Å². The summed E-state index contributed by atoms with van der Waals surface area (Å²) in [6.07, 6.45) is 5.56. The molecule has 1 amide bonds. The van der Waals surface area contributed by atoms with Crippen LogP contribution in [0.1, 0.15) is 23.2 Å². The van der Waals surface area contributed by atoms with Gasteiger partial charge in [-0.3, -0.25) is 4.79 Å². The Hall–Kier alpha value is -3.45. The number of hydrogen-bond acceptors (Lipinski definition) is 6. The van der Waals surface area contributed by atoms with Gasteiger partial charge in [0.15, 0.2) is 0 Å². The number of anilines is 2. The Morgan fingerprint density at radius 3 is 2.39 bits per heavy atom. The zero-order valence-electron chi connectivity index (χ0n) is 17.7. The molecule has 2 heterocycles. The summed E-state index contributed by atoms with van der Waals surface area (Å²) in [6.45, 7) is 1.36. The molecule has 1 fully saturated rings. The maximum absolute atomic E-state index is 12.8. The smallest absolute Gasteiger partial charge is 0.254 e. The second kappa shape index (κ2) is 9.57. The lowest BCUT2D eigenvalue weighted by Gasteiger charge is -2.24. The molecule has 1 saturated heterocycles. The van der Waals surface area contributed by atoms with E-state index in [-0.39, 0.29) is 11.9 Å². The lowest BCUT2D eigenvalue weighted by atomic mass is 10.1. The summed E-state index contributed by atoms with van der Waals surface area (Å²) in [4.78, 5) is 23.5. The molecular weight excluding hydrogens is 392 g/mol. The molecule has 1 aliphatic heterocycles. The van der Waals surface area contributed by atoms with Crippen LogP contribution in [0.3, 0.4) is 0 Å². The number of nitrogens with one attached hydrogen (secondary N) is 1. The number of hydrogen-bond donors (Lipinski definition) is 1. The largest absolute Gasteiger partial charge is 0.497 e. The molecule has 1 atom stereocenters. The number of likely N-dealkylation sites (tertiary alicyclic amines) is 1. The molecule has 3 aromatic rings. The Kier molecular flexibility index (Phi) is 6.43. The van der Waals surface area contributed by atoms with Crippen LogP contribution >= 0.6 is 0 Å². The maximum Gasteiger partial charge on any atom is 0.254 e. The first-order valence-corrected chi connectivity index (χ1v) is 10.3. The second-order valence-corrected chi connectivity index (χ2v) is 7.48. The lowest BCUT2D eigenvalue weighted by Crippen LogP contribution is -2.38. The van der Waals surface area contributed by atoms with Crippen LogP contribution in [0.4, 0.5) is 11.6 Å². The fraction of sp³-hybridized carbons (Fsp3) is 0.292. The van der Waals surface area contributed by atoms with E-state index in [1.165, 1.54) is 0 Å². The molecule has 1 aliphatic rings. The van der Waals surface area contributed by atoms with Gasteiger partial charge in [0.2, 0.25) is 5.95 Å². The third-order valence-corrected chi connectivity index (χ3v) is 5.46. The van der Waals surface area contributed by atoms with Gasteiger partial charge in [-0.25, -0.2) is 9.97 Å². The minimum atomic E-state index is 0.0474. The highest BCUT2D eigenvalue weighted by atomic mass is 16.5. The lowest BCUT2D eigenvalue weighted by molar-refractivity contribution is 0.0630. The van der Waals surface area contributed by atoms with Gasteiger partial charge in [-0.2, -0.15) is 0 Å². The van der Waals surface area contributed by atoms with Gasteiger partial charge in [0, 0.05) is 42.9 Å². The van der Waals surface area contributed by atoms with E-state index in [0.29, 0.717) is 18.1 Å². The van der Waals surface area contributed by atoms with Crippen molar-refractivity contribution in [2.75, 3.05) is 32.7 Å². The number of amides is 1. The van der Waals surface area contributed by atoms with Crippen molar-refractivity contribution in [2.24, 2.45) is 0 Å². The van der Waals surface area contributed by atoms with Crippen molar-refractivity contribution in [3.05, 3.63) is 66.5 Å². The average Bonchev–Trinajstić information content (AvgIpc) is 3.28. The highest BCUT2D eigenvalue weighted by molar-refractivity contribution is 5.95. The third-order valence-electron chi connectivity index (χ3n) is 5.46. The summed E-state index contributed by atoms with van der Waals surface area (Å²) in [5, 5.41) is 3.18. The monoisotopic (exact) mass is 418 g/mol. The van der Waals surface area contributed by atoms with E-state index < -0.39 is 0 Å². The van der Waals surface area contributed by atoms with Gasteiger partial charge in [0.1, 0.15) is 5.75 Å². The molecule has 0 unspecified atom stereocenters. The standard InChI is InChI=1S/C24H26N4O3/c1-30-16-21-4-3-13-28(21)23(29)18-5-9-20(10-6-18)27-24-25-14-19(15-26-24)17-7-11-22(31-2)12-8-17/h5-12,14-15,21H,3-4,13,16H2,1-2H3,(H,25,26,27)/t21-/m1/s1. The summed E-state index contributed by atoms with van der Waals surface area (Å²) in [5.74, 6) is 1.35. The van der Waals surface area contributed by atoms with E-state index in [9.17, 15) is 4.79 Å². The first kappa shape index (κ1) is 20.8. The van der Waals surface area contributed by atoms with Gasteiger partial charge < -0.3 is 19.7 Å². The van der Waals surface area contributed by atoms with E-state index in [1.807, 2.05) is 53.4 Å². The molecule has 7 nitrogen and oxygen atoms in total. The second-order valence-electron chi connectivity index (χ2n) is 7.48. The predicted molar refractivity (Wildman–Crippen MR) is 120 cm³/mol. The minimum absolute atomic E-state index is 0.0474. The van der Waals surface area contributed by atoms with E-state index in [4.69, 9.17) is 9.47 Å². The molecular formula is C24H26N4O3. The predicted octanol–water partition coefficient (Wildman–Crippen LogP) is 4.15. The number of nitrogens with zero attached hydrogens (tertiary/aromatic N) is 3. The quantitative estimate of drug-likeness (QED) is 0.621. The Morgan fingerprint density at radius 2 is 1.74 bits per heavy atom. The van der Waals surface area contributed by atoms with Gasteiger partial charge in [-0.15, -0.1) is 0 Å². The van der Waals surface area contributed by atoms with Crippen LogP contribution in [-0.2, 0) is 4.74 Å². The molecule has 4 rings (SSSR count). The van der Waals surface area contributed by atoms with Crippen LogP contribution in [0, 0.1) is 0 Å². The summed E-state index contributed by atoms with van der Waals surface area (Å²) in [7, 11) is 3.32. The first-order valence-electron chi connectivity index (χ1n) is 10.3. The molecule has 160 valence electrons. The van der Waals surface area contributed by atoms with Crippen LogP contribution in [0.15, 0.2) is 60.9 Å². The Labute approximate surface area is 182 Å². The summed E-state index contributed by atoms with van der Waals surface area (Å²) >= 11 is 0. The van der Waals surface area contributed by atoms with Crippen molar-refractivity contribution in [3.63, 3.8) is 0 Å². The van der Waals surface area contributed by atoms with Gasteiger partial charge in [-0.1, -0.05) is 12.1 Å². The summed E-state index contributed by atoms with van der Waals surface area (Å²) < 4.78 is 10.4. The molecule has 31 heavy (non-hydrogen) atoms. The number of carbonyl (C=O) groups is 1. The van der Waals surface area contributed by atoms with Crippen molar-refractivity contribution in [1.29, 1.82) is 0 Å². The Morgan fingerprint density at radius 1 is 1.03 bits per heavy atom. The van der Waals surface area contributed by atoms with Crippen LogP contribution in [0.5, 0.6) is 5.75 Å². The van der Waals surface area contributed by atoms with Gasteiger partial charge in [-0.05, 0) is 54.8 Å². The van der Waals surface area contributed by atoms with Crippen LogP contribution < -0.4 is 10.1 Å². The number of rotatable bonds is 7. The number of carbonyl (C=O) groups excluding carboxylic acids is 1. The van der Waals surface area contributed by atoms with Crippen LogP contribution in [-0.4, -0.2) is 54.2 Å². The number of benzene rings is 2. The molecule has 0 aliphatic carbocycles. The Bertz CT molecular complexity index is 1000. The van der Waals surface area contributed by atoms with Crippen LogP contribution in [0.2, 0.25) is 0 Å².